The van der Waals surface area contributed by atoms with Crippen molar-refractivity contribution in [2.24, 2.45) is 43.2 Å². The number of hydrogen-bond donors (Lipinski definition) is 16. The average molecular weight is 997 g/mol. The Morgan fingerprint density at radius 3 is 0.250 bits per heavy atom. The van der Waals surface area contributed by atoms with E-state index in [1.807, 2.05) is 0 Å². The van der Waals surface area contributed by atoms with Crippen LogP contribution in [0.5, 0.6) is 0 Å². The molecule has 0 spiro atoms. The molecule has 0 aromatic rings. The van der Waals surface area contributed by atoms with Crippen molar-refractivity contribution < 1.29 is 40.2 Å². The lowest BCUT2D eigenvalue weighted by molar-refractivity contribution is 0.425. The average Bonchev–Trinajstić information content (AvgIpc) is 2.81. The third-order valence-electron chi connectivity index (χ3n) is 0.462. The van der Waals surface area contributed by atoms with E-state index in [1.165, 1.54) is 0 Å². The first-order valence-electron chi connectivity index (χ1n) is 18.4. The normalized spacial score (nSPS) is 9.93. The molecule has 0 saturated carbocycles. The van der Waals surface area contributed by atoms with Crippen LogP contribution < -0.4 is 43.2 Å². The molecule has 0 saturated heterocycles. The first kappa shape index (κ1) is 90.1. The molecule has 0 heterocycles. The van der Waals surface area contributed by atoms with E-state index in [1.54, 1.807) is 0 Å². The van der Waals surface area contributed by atoms with Crippen LogP contribution in [0.1, 0.15) is 0 Å². The summed E-state index contributed by atoms with van der Waals surface area (Å²) in [7, 11) is -16.1. The van der Waals surface area contributed by atoms with E-state index in [0.29, 0.717) is 0 Å². The van der Waals surface area contributed by atoms with Crippen LogP contribution in [0.4, 0.5) is 0 Å². The summed E-state index contributed by atoms with van der Waals surface area (Å²) in [5.74, 6) is 4.56. The number of nitriles is 4. The van der Waals surface area contributed by atoms with Crippen molar-refractivity contribution >= 4 is 94.4 Å². The molecule has 24 N–H and O–H groups in total. The van der Waals surface area contributed by atoms with Crippen LogP contribution in [-0.4, -0.2) is 135 Å². The highest BCUT2D eigenvalue weighted by atomic mass is 28.4. The maximum absolute atomic E-state index is 7.56. The maximum atomic E-state index is 7.56. The molecule has 0 aliphatic carbocycles. The fraction of sp³-hybridized carbons (Fsp3) is 0.857. The number of nitrogens with zero attached hydrogens (tertiary/aromatic N) is 4. The van der Waals surface area contributed by atoms with Crippen molar-refractivity contribution in [1.29, 1.82) is 21.0 Å². The molecule has 0 aromatic carbocycles. The second-order valence-electron chi connectivity index (χ2n) is 20.9. The summed E-state index contributed by atoms with van der Waals surface area (Å²) in [5, 5.41) is 134. The quantitative estimate of drug-likeness (QED) is 0.145. The van der Waals surface area contributed by atoms with Crippen LogP contribution in [0.15, 0.2) is 0 Å². The van der Waals surface area contributed by atoms with Crippen LogP contribution in [0.25, 0.3) is 0 Å². The minimum absolute atomic E-state index is 1.11. The van der Waals surface area contributed by atoms with Crippen LogP contribution in [-0.2, 0) is 0 Å². The van der Waals surface area contributed by atoms with E-state index in [4.69, 9.17) is 104 Å². The van der Waals surface area contributed by atoms with Crippen LogP contribution in [0, 0.1) is 44.9 Å². The van der Waals surface area contributed by atoms with E-state index >= 15 is 0 Å². The Kier molecular flexibility index (Phi) is 71.8. The largest absolute Gasteiger partial charge is 0.573 e. The molecule has 0 amide bonds. The van der Waals surface area contributed by atoms with Gasteiger partial charge >= 0.3 is 28.5 Å². The fourth-order valence-electron chi connectivity index (χ4n) is 0. The van der Waals surface area contributed by atoms with E-state index in [9.17, 15) is 0 Å². The molecule has 0 aliphatic rings. The van der Waals surface area contributed by atoms with Crippen LogP contribution >= 0.6 is 0 Å². The van der Waals surface area contributed by atoms with Gasteiger partial charge in [0.25, 0.3) is 0 Å². The van der Waals surface area contributed by atoms with Gasteiger partial charge in [-0.05, 0) is 0 Å². The molecule has 32 heteroatoms. The third-order valence-corrected chi connectivity index (χ3v) is 0.462. The van der Waals surface area contributed by atoms with Crippen LogP contribution in [0.3, 0.4) is 0 Å². The second kappa shape index (κ2) is 47.8. The Morgan fingerprint density at radius 1 is 0.233 bits per heavy atom. The highest BCUT2D eigenvalue weighted by Gasteiger charge is 2.04. The SMILES string of the molecule is C[Si](C)(C)N.C[Si](C)(C)N.C[Si](C)(C)N.C[Si](C)(C)N.C[Si](C)(C)N.C[Si](C)(C)N.C[Si](C)(C)N.C[Si](C)(C)N.N#CB(O)O.N#CB(O)O.N#CB(O)O.N#CB(O)O. The number of nitrogens with two attached hydrogens (primary N) is 8. The monoisotopic (exact) mass is 997 g/mol. The van der Waals surface area contributed by atoms with Gasteiger partial charge in [-0.2, -0.15) is 0 Å². The lowest BCUT2D eigenvalue weighted by Gasteiger charge is -2.02. The van der Waals surface area contributed by atoms with Gasteiger partial charge in [0.2, 0.25) is 0 Å². The summed E-state index contributed by atoms with van der Waals surface area (Å²) < 4.78 is 0. The highest BCUT2D eigenvalue weighted by Crippen LogP contribution is 1.86. The van der Waals surface area contributed by atoms with Gasteiger partial charge in [-0.15, -0.1) is 0 Å². The number of hydrogen-bond acceptors (Lipinski definition) is 20. The molecule has 0 aliphatic heterocycles. The van der Waals surface area contributed by atoms with Crippen molar-refractivity contribution in [2.75, 3.05) is 0 Å². The Balaban J connectivity index is -0.0000000419. The molecule has 0 unspecified atom stereocenters. The molecule has 0 fully saturated rings. The Bertz CT molecular complexity index is 809. The summed E-state index contributed by atoms with van der Waals surface area (Å²) >= 11 is 0. The smallest absolute Gasteiger partial charge is 0.415 e. The van der Waals surface area contributed by atoms with E-state index < -0.39 is 94.4 Å². The minimum atomic E-state index is -1.81. The minimum Gasteiger partial charge on any atom is -0.415 e. The van der Waals surface area contributed by atoms with E-state index in [2.05, 4.69) is 157 Å². The van der Waals surface area contributed by atoms with Gasteiger partial charge in [0.05, 0.1) is 23.9 Å². The zero-order valence-electron chi connectivity index (χ0n) is 42.3. The predicted octanol–water partition coefficient (Wildman–Crippen LogP) is 0.328. The Hall–Kier alpha value is -0.685. The van der Waals surface area contributed by atoms with E-state index in [-0.39, 0.29) is 0 Å². The van der Waals surface area contributed by atoms with Gasteiger partial charge in [-0.25, -0.2) is 21.0 Å². The Morgan fingerprint density at radius 2 is 0.250 bits per heavy atom. The van der Waals surface area contributed by atoms with Crippen LogP contribution in [0.2, 0.25) is 157 Å². The molecule has 0 rings (SSSR count). The van der Waals surface area contributed by atoms with Gasteiger partial charge in [0.15, 0.2) is 0 Å². The van der Waals surface area contributed by atoms with Gasteiger partial charge in [0, 0.05) is 0 Å². The topological polar surface area (TPSA) is 465 Å². The summed E-state index contributed by atoms with van der Waals surface area (Å²) in [5.41, 5.74) is 0. The predicted molar refractivity (Wildman–Crippen MR) is 283 cm³/mol. The van der Waals surface area contributed by atoms with Gasteiger partial charge in [-0.1, -0.05) is 157 Å². The maximum Gasteiger partial charge on any atom is 0.573 e. The van der Waals surface area contributed by atoms with Crippen molar-refractivity contribution in [2.45, 2.75) is 157 Å². The molecule has 0 bridgehead atoms. The molecular weight excluding hydrogens is 900 g/mol. The molecule has 0 atom stereocenters. The first-order chi connectivity index (χ1) is 25.1. The van der Waals surface area contributed by atoms with Crippen molar-refractivity contribution in [3.05, 3.63) is 0 Å². The third kappa shape index (κ3) is 3400. The summed E-state index contributed by atoms with van der Waals surface area (Å²) in [6.07, 6.45) is 0. The Labute approximate surface area is 378 Å². The molecule has 20 nitrogen and oxygen atoms in total. The first-order valence-corrected chi connectivity index (χ1v) is 47.0. The zero-order chi connectivity index (χ0) is 53.1. The zero-order valence-corrected chi connectivity index (χ0v) is 50.3. The van der Waals surface area contributed by atoms with Gasteiger partial charge in [0.1, 0.15) is 65.9 Å². The summed E-state index contributed by atoms with van der Waals surface area (Å²) in [6, 6.07) is 0. The molecule has 360 valence electrons. The fourth-order valence-corrected chi connectivity index (χ4v) is 0. The lowest BCUT2D eigenvalue weighted by atomic mass is 9.97. The number of rotatable bonds is 0. The lowest BCUT2D eigenvalue weighted by Crippen LogP contribution is -2.33. The molecule has 0 aromatic heterocycles. The van der Waals surface area contributed by atoms with Crippen molar-refractivity contribution in [3.8, 4) is 23.9 Å². The van der Waals surface area contributed by atoms with Gasteiger partial charge < -0.3 is 83.4 Å². The highest BCUT2D eigenvalue weighted by molar-refractivity contribution is 6.75. The van der Waals surface area contributed by atoms with E-state index in [0.717, 1.165) is 23.9 Å². The molecule has 60 heavy (non-hydrogen) atoms. The van der Waals surface area contributed by atoms with Crippen molar-refractivity contribution in [3.63, 3.8) is 0 Å². The second-order valence-corrected chi connectivity index (χ2v) is 58.8. The standard InChI is InChI=1S/8C3H11NSi.4CH2BNO2/c8*1-5(2,3)4;4*3-1-2(4)5/h8*4H2,1-3H3;4*4-5H. The molecule has 0 radical (unpaired) electrons. The summed E-state index contributed by atoms with van der Waals surface area (Å²) in [4.78, 5) is 0. The van der Waals surface area contributed by atoms with Crippen molar-refractivity contribution in [1.82, 2.24) is 0 Å². The molecular formula is C28H96B4N12O8Si8. The summed E-state index contributed by atoms with van der Waals surface area (Å²) in [6.45, 7) is 50.5. The van der Waals surface area contributed by atoms with Gasteiger partial charge in [-0.3, -0.25) is 0 Å².